The first-order chi connectivity index (χ1) is 12.3. The Morgan fingerprint density at radius 1 is 1.08 bits per heavy atom. The molecule has 0 saturated carbocycles. The minimum Gasteiger partial charge on any atom is -0.383 e. The average molecular weight is 338 g/mol. The summed E-state index contributed by atoms with van der Waals surface area (Å²) in [5.74, 6) is -0.0735. The van der Waals surface area contributed by atoms with Crippen LogP contribution in [-0.4, -0.2) is 48.8 Å². The van der Waals surface area contributed by atoms with Crippen LogP contribution in [0.5, 0.6) is 0 Å². The molecule has 3 aromatic rings. The van der Waals surface area contributed by atoms with Crippen LogP contribution in [0, 0.1) is 0 Å². The highest BCUT2D eigenvalue weighted by molar-refractivity contribution is 5.94. The minimum absolute atomic E-state index is 0.0735. The van der Waals surface area contributed by atoms with Gasteiger partial charge in [-0.3, -0.25) is 9.36 Å². The highest BCUT2D eigenvalue weighted by Crippen LogP contribution is 2.18. The maximum atomic E-state index is 12.2. The molecule has 0 aliphatic rings. The molecule has 0 bridgehead atoms. The Hall–Kier alpha value is -2.70. The standard InChI is InChI=1S/C19H22N4O2/c1-25-13-12-20-10-11-21-19(24)15-6-8-16(9-7-15)23-14-22-17-4-2-3-5-18(17)23/h2-9,14,20H,10-13H2,1H3,(H,21,24). The van der Waals surface area contributed by atoms with Gasteiger partial charge in [0.05, 0.1) is 17.6 Å². The summed E-state index contributed by atoms with van der Waals surface area (Å²) in [6, 6.07) is 15.5. The van der Waals surface area contributed by atoms with Crippen molar-refractivity contribution in [3.8, 4) is 5.69 Å². The van der Waals surface area contributed by atoms with Gasteiger partial charge < -0.3 is 15.4 Å². The second kappa shape index (κ2) is 8.41. The topological polar surface area (TPSA) is 68.2 Å². The molecule has 0 aliphatic heterocycles. The van der Waals surface area contributed by atoms with Crippen LogP contribution >= 0.6 is 0 Å². The number of imidazole rings is 1. The number of nitrogens with zero attached hydrogens (tertiary/aromatic N) is 2. The van der Waals surface area contributed by atoms with Crippen LogP contribution in [0.1, 0.15) is 10.4 Å². The number of hydrogen-bond acceptors (Lipinski definition) is 4. The van der Waals surface area contributed by atoms with Crippen LogP contribution in [0.25, 0.3) is 16.7 Å². The van der Waals surface area contributed by atoms with E-state index in [0.29, 0.717) is 25.3 Å². The molecule has 6 heteroatoms. The number of methoxy groups -OCH3 is 1. The Morgan fingerprint density at radius 3 is 2.68 bits per heavy atom. The lowest BCUT2D eigenvalue weighted by Gasteiger charge is -2.08. The zero-order valence-electron chi connectivity index (χ0n) is 14.2. The molecule has 0 unspecified atom stereocenters. The van der Waals surface area contributed by atoms with E-state index >= 15 is 0 Å². The van der Waals surface area contributed by atoms with Crippen LogP contribution in [0.3, 0.4) is 0 Å². The van der Waals surface area contributed by atoms with Crippen molar-refractivity contribution >= 4 is 16.9 Å². The van der Waals surface area contributed by atoms with Gasteiger partial charge in [-0.2, -0.15) is 0 Å². The van der Waals surface area contributed by atoms with E-state index in [9.17, 15) is 4.79 Å². The van der Waals surface area contributed by atoms with Crippen LogP contribution in [0.4, 0.5) is 0 Å². The number of hydrogen-bond donors (Lipinski definition) is 2. The number of para-hydroxylation sites is 2. The SMILES string of the molecule is COCCNCCNC(=O)c1ccc(-n2cnc3ccccc32)cc1. The molecule has 0 spiro atoms. The van der Waals surface area contributed by atoms with Gasteiger partial charge in [-0.25, -0.2) is 4.98 Å². The summed E-state index contributed by atoms with van der Waals surface area (Å²) in [5.41, 5.74) is 3.61. The first-order valence-electron chi connectivity index (χ1n) is 8.30. The minimum atomic E-state index is -0.0735. The van der Waals surface area contributed by atoms with Gasteiger partial charge in [0.15, 0.2) is 0 Å². The van der Waals surface area contributed by atoms with Gasteiger partial charge in [-0.1, -0.05) is 12.1 Å². The summed E-state index contributed by atoms with van der Waals surface area (Å²) >= 11 is 0. The molecule has 2 aromatic carbocycles. The van der Waals surface area contributed by atoms with E-state index in [4.69, 9.17) is 4.74 Å². The Bertz CT molecular complexity index is 827. The van der Waals surface area contributed by atoms with Gasteiger partial charge in [-0.05, 0) is 36.4 Å². The highest BCUT2D eigenvalue weighted by atomic mass is 16.5. The molecule has 1 heterocycles. The average Bonchev–Trinajstić information content (AvgIpc) is 3.08. The molecule has 1 amide bonds. The number of rotatable bonds is 8. The van der Waals surface area contributed by atoms with E-state index in [1.165, 1.54) is 0 Å². The summed E-state index contributed by atoms with van der Waals surface area (Å²) in [6.07, 6.45) is 1.80. The lowest BCUT2D eigenvalue weighted by Crippen LogP contribution is -2.33. The van der Waals surface area contributed by atoms with E-state index in [1.54, 1.807) is 13.4 Å². The number of amides is 1. The first kappa shape index (κ1) is 17.1. The fourth-order valence-corrected chi connectivity index (χ4v) is 2.60. The monoisotopic (exact) mass is 338 g/mol. The third-order valence-electron chi connectivity index (χ3n) is 3.93. The first-order valence-corrected chi connectivity index (χ1v) is 8.30. The van der Waals surface area contributed by atoms with Gasteiger partial charge >= 0.3 is 0 Å². The van der Waals surface area contributed by atoms with Crippen LogP contribution in [0.2, 0.25) is 0 Å². The summed E-state index contributed by atoms with van der Waals surface area (Å²) in [4.78, 5) is 16.6. The van der Waals surface area contributed by atoms with Gasteiger partial charge in [0.1, 0.15) is 6.33 Å². The summed E-state index contributed by atoms with van der Waals surface area (Å²) in [5, 5.41) is 6.09. The summed E-state index contributed by atoms with van der Waals surface area (Å²) in [6.45, 7) is 2.74. The third kappa shape index (κ3) is 4.23. The maximum absolute atomic E-state index is 12.2. The number of carbonyl (C=O) groups excluding carboxylic acids is 1. The molecule has 25 heavy (non-hydrogen) atoms. The predicted molar refractivity (Wildman–Crippen MR) is 98.1 cm³/mol. The molecule has 0 radical (unpaired) electrons. The molecular formula is C19H22N4O2. The van der Waals surface area contributed by atoms with Gasteiger partial charge in [0.2, 0.25) is 0 Å². The zero-order valence-corrected chi connectivity index (χ0v) is 14.2. The highest BCUT2D eigenvalue weighted by Gasteiger charge is 2.07. The van der Waals surface area contributed by atoms with Crippen molar-refractivity contribution in [2.45, 2.75) is 0 Å². The van der Waals surface area contributed by atoms with Crippen molar-refractivity contribution in [1.82, 2.24) is 20.2 Å². The Labute approximate surface area is 146 Å². The number of ether oxygens (including phenoxy) is 1. The second-order valence-electron chi connectivity index (χ2n) is 5.65. The lowest BCUT2D eigenvalue weighted by molar-refractivity contribution is 0.0953. The Morgan fingerprint density at radius 2 is 1.88 bits per heavy atom. The number of aromatic nitrogens is 2. The van der Waals surface area contributed by atoms with Crippen molar-refractivity contribution in [1.29, 1.82) is 0 Å². The molecular weight excluding hydrogens is 316 g/mol. The quantitative estimate of drug-likeness (QED) is 0.617. The van der Waals surface area contributed by atoms with E-state index in [0.717, 1.165) is 23.3 Å². The third-order valence-corrected chi connectivity index (χ3v) is 3.93. The lowest BCUT2D eigenvalue weighted by atomic mass is 10.2. The maximum Gasteiger partial charge on any atom is 0.251 e. The zero-order chi connectivity index (χ0) is 17.5. The van der Waals surface area contributed by atoms with Crippen molar-refractivity contribution in [3.05, 3.63) is 60.4 Å². The van der Waals surface area contributed by atoms with Crippen molar-refractivity contribution in [3.63, 3.8) is 0 Å². The smallest absolute Gasteiger partial charge is 0.251 e. The Kier molecular flexibility index (Phi) is 5.77. The molecule has 1 aromatic heterocycles. The van der Waals surface area contributed by atoms with Crippen LogP contribution in [-0.2, 0) is 4.74 Å². The van der Waals surface area contributed by atoms with Gasteiger partial charge in [0, 0.05) is 38.0 Å². The van der Waals surface area contributed by atoms with E-state index < -0.39 is 0 Å². The number of carbonyl (C=O) groups is 1. The fraction of sp³-hybridized carbons (Fsp3) is 0.263. The van der Waals surface area contributed by atoms with E-state index in [1.807, 2.05) is 53.1 Å². The Balaban J connectivity index is 1.59. The fourth-order valence-electron chi connectivity index (χ4n) is 2.60. The van der Waals surface area contributed by atoms with Gasteiger partial charge in [0.25, 0.3) is 5.91 Å². The largest absolute Gasteiger partial charge is 0.383 e. The number of nitrogens with one attached hydrogen (secondary N) is 2. The second-order valence-corrected chi connectivity index (χ2v) is 5.65. The number of benzene rings is 2. The van der Waals surface area contributed by atoms with Crippen LogP contribution < -0.4 is 10.6 Å². The molecule has 0 saturated heterocycles. The van der Waals surface area contributed by atoms with Crippen molar-refractivity contribution in [2.75, 3.05) is 33.4 Å². The molecule has 0 aliphatic carbocycles. The van der Waals surface area contributed by atoms with E-state index in [-0.39, 0.29) is 5.91 Å². The molecule has 3 rings (SSSR count). The molecule has 2 N–H and O–H groups in total. The van der Waals surface area contributed by atoms with Crippen molar-refractivity contribution < 1.29 is 9.53 Å². The molecule has 130 valence electrons. The summed E-state index contributed by atoms with van der Waals surface area (Å²) < 4.78 is 6.96. The summed E-state index contributed by atoms with van der Waals surface area (Å²) in [7, 11) is 1.67. The molecule has 6 nitrogen and oxygen atoms in total. The number of fused-ring (bicyclic) bond motifs is 1. The predicted octanol–water partition coefficient (Wildman–Crippen LogP) is 1.99. The van der Waals surface area contributed by atoms with E-state index in [2.05, 4.69) is 15.6 Å². The van der Waals surface area contributed by atoms with Gasteiger partial charge in [-0.15, -0.1) is 0 Å². The molecule has 0 fully saturated rings. The molecule has 0 atom stereocenters. The van der Waals surface area contributed by atoms with Crippen molar-refractivity contribution in [2.24, 2.45) is 0 Å². The normalized spacial score (nSPS) is 10.9. The van der Waals surface area contributed by atoms with Crippen LogP contribution in [0.15, 0.2) is 54.9 Å².